The number of morpholine rings is 1. The third-order valence-electron chi connectivity index (χ3n) is 3.69. The van der Waals surface area contributed by atoms with Gasteiger partial charge in [0.05, 0.1) is 25.5 Å². The number of aromatic nitrogens is 3. The van der Waals surface area contributed by atoms with Gasteiger partial charge < -0.3 is 19.4 Å². The van der Waals surface area contributed by atoms with Crippen LogP contribution < -0.4 is 10.2 Å². The van der Waals surface area contributed by atoms with Gasteiger partial charge in [-0.25, -0.2) is 9.97 Å². The first-order valence-corrected chi connectivity index (χ1v) is 7.25. The van der Waals surface area contributed by atoms with E-state index in [4.69, 9.17) is 9.72 Å². The second kappa shape index (κ2) is 5.66. The topological polar surface area (TPSA) is 54.7 Å². The fraction of sp³-hybridized carbons (Fsp3) is 0.571. The molecule has 1 fully saturated rings. The maximum atomic E-state index is 5.58. The number of rotatable bonds is 4. The van der Waals surface area contributed by atoms with Gasteiger partial charge in [-0.05, 0) is 13.3 Å². The fourth-order valence-electron chi connectivity index (χ4n) is 2.65. The van der Waals surface area contributed by atoms with Gasteiger partial charge >= 0.3 is 0 Å². The lowest BCUT2D eigenvalue weighted by Crippen LogP contribution is -2.45. The number of fused-ring (bicyclic) bond motifs is 1. The van der Waals surface area contributed by atoms with Crippen LogP contribution >= 0.6 is 0 Å². The number of nitrogens with one attached hydrogen (secondary N) is 1. The first kappa shape index (κ1) is 13.2. The first-order chi connectivity index (χ1) is 9.83. The van der Waals surface area contributed by atoms with E-state index in [1.54, 1.807) is 0 Å². The zero-order chi connectivity index (χ0) is 13.9. The summed E-state index contributed by atoms with van der Waals surface area (Å²) >= 11 is 0. The molecule has 1 aliphatic heterocycles. The highest BCUT2D eigenvalue weighted by molar-refractivity contribution is 5.67. The van der Waals surface area contributed by atoms with E-state index in [1.165, 1.54) is 0 Å². The molecule has 1 saturated heterocycles. The predicted molar refractivity (Wildman–Crippen MR) is 79.4 cm³/mol. The molecule has 20 heavy (non-hydrogen) atoms. The van der Waals surface area contributed by atoms with Gasteiger partial charge in [-0.2, -0.15) is 0 Å². The zero-order valence-electron chi connectivity index (χ0n) is 12.0. The Morgan fingerprint density at radius 2 is 2.35 bits per heavy atom. The zero-order valence-corrected chi connectivity index (χ0v) is 12.0. The van der Waals surface area contributed by atoms with Crippen molar-refractivity contribution in [1.82, 2.24) is 14.4 Å². The summed E-state index contributed by atoms with van der Waals surface area (Å²) in [5.74, 6) is 1.83. The van der Waals surface area contributed by atoms with Gasteiger partial charge in [0.1, 0.15) is 5.82 Å². The van der Waals surface area contributed by atoms with Crippen LogP contribution in [0.15, 0.2) is 18.6 Å². The van der Waals surface area contributed by atoms with E-state index in [0.717, 1.165) is 50.0 Å². The molecule has 0 saturated carbocycles. The largest absolute Gasteiger partial charge is 0.377 e. The molecule has 1 N–H and O–H groups in total. The van der Waals surface area contributed by atoms with Gasteiger partial charge in [0, 0.05) is 25.5 Å². The summed E-state index contributed by atoms with van der Waals surface area (Å²) < 4.78 is 7.61. The van der Waals surface area contributed by atoms with E-state index < -0.39 is 0 Å². The van der Waals surface area contributed by atoms with Gasteiger partial charge in [-0.3, -0.25) is 0 Å². The van der Waals surface area contributed by atoms with E-state index in [1.807, 2.05) is 23.0 Å². The van der Waals surface area contributed by atoms with E-state index in [2.05, 4.69) is 29.0 Å². The molecule has 108 valence electrons. The van der Waals surface area contributed by atoms with Crippen molar-refractivity contribution in [3.8, 4) is 0 Å². The standard InChI is InChI=1S/C14H21N5O/c1-3-11-10-20-8-7-19(11)14-13-16-5-6-18(13)9-12(17-14)15-4-2/h5-6,9,11,15H,3-4,7-8,10H2,1-2H3. The molecule has 0 spiro atoms. The molecule has 3 heterocycles. The summed E-state index contributed by atoms with van der Waals surface area (Å²) in [4.78, 5) is 11.5. The molecule has 0 aromatic carbocycles. The van der Waals surface area contributed by atoms with E-state index in [0.29, 0.717) is 6.04 Å². The molecule has 2 aromatic rings. The number of imidazole rings is 1. The molecule has 2 aromatic heterocycles. The Morgan fingerprint density at radius 3 is 3.15 bits per heavy atom. The highest BCUT2D eigenvalue weighted by Crippen LogP contribution is 2.25. The van der Waals surface area contributed by atoms with Crippen molar-refractivity contribution in [1.29, 1.82) is 0 Å². The molecule has 0 aliphatic carbocycles. The minimum atomic E-state index is 0.369. The number of hydrogen-bond donors (Lipinski definition) is 1. The summed E-state index contributed by atoms with van der Waals surface area (Å²) in [6, 6.07) is 0.369. The lowest BCUT2D eigenvalue weighted by atomic mass is 10.2. The number of anilines is 2. The van der Waals surface area contributed by atoms with Crippen molar-refractivity contribution in [2.24, 2.45) is 0 Å². The van der Waals surface area contributed by atoms with Gasteiger partial charge in [0.15, 0.2) is 11.5 Å². The fourth-order valence-corrected chi connectivity index (χ4v) is 2.65. The molecule has 1 atom stereocenters. The summed E-state index contributed by atoms with van der Waals surface area (Å²) in [5, 5.41) is 3.28. The second-order valence-corrected chi connectivity index (χ2v) is 4.97. The van der Waals surface area contributed by atoms with Crippen LogP contribution in [0.5, 0.6) is 0 Å². The van der Waals surface area contributed by atoms with Crippen LogP contribution in [0.4, 0.5) is 11.6 Å². The smallest absolute Gasteiger partial charge is 0.180 e. The van der Waals surface area contributed by atoms with Crippen molar-refractivity contribution in [3.05, 3.63) is 18.6 Å². The number of hydrogen-bond acceptors (Lipinski definition) is 5. The molecule has 6 nitrogen and oxygen atoms in total. The molecule has 0 radical (unpaired) electrons. The van der Waals surface area contributed by atoms with Gasteiger partial charge in [0.25, 0.3) is 0 Å². The monoisotopic (exact) mass is 275 g/mol. The predicted octanol–water partition coefficient (Wildman–Crippen LogP) is 1.78. The average molecular weight is 275 g/mol. The minimum Gasteiger partial charge on any atom is -0.377 e. The van der Waals surface area contributed by atoms with Crippen LogP contribution in [-0.4, -0.2) is 46.7 Å². The van der Waals surface area contributed by atoms with Gasteiger partial charge in [-0.1, -0.05) is 6.92 Å². The molecule has 6 heteroatoms. The molecule has 1 aliphatic rings. The first-order valence-electron chi connectivity index (χ1n) is 7.25. The van der Waals surface area contributed by atoms with Crippen LogP contribution in [-0.2, 0) is 4.74 Å². The van der Waals surface area contributed by atoms with E-state index >= 15 is 0 Å². The van der Waals surface area contributed by atoms with E-state index in [-0.39, 0.29) is 0 Å². The SMILES string of the molecule is CCNc1cn2ccnc2c(N2CCOCC2CC)n1. The Morgan fingerprint density at radius 1 is 1.45 bits per heavy atom. The third kappa shape index (κ3) is 2.31. The molecule has 3 rings (SSSR count). The summed E-state index contributed by atoms with van der Waals surface area (Å²) in [6.45, 7) is 7.48. The summed E-state index contributed by atoms with van der Waals surface area (Å²) in [6.07, 6.45) is 6.80. The van der Waals surface area contributed by atoms with Crippen molar-refractivity contribution in [2.75, 3.05) is 36.5 Å². The van der Waals surface area contributed by atoms with Gasteiger partial charge in [0.2, 0.25) is 0 Å². The molecular formula is C14H21N5O. The Kier molecular flexibility index (Phi) is 3.73. The summed E-state index contributed by atoms with van der Waals surface area (Å²) in [5.41, 5.74) is 0.909. The van der Waals surface area contributed by atoms with Crippen LogP contribution in [0, 0.1) is 0 Å². The highest BCUT2D eigenvalue weighted by Gasteiger charge is 2.25. The quantitative estimate of drug-likeness (QED) is 0.921. The lowest BCUT2D eigenvalue weighted by Gasteiger charge is -2.36. The van der Waals surface area contributed by atoms with E-state index in [9.17, 15) is 0 Å². The molecular weight excluding hydrogens is 254 g/mol. The van der Waals surface area contributed by atoms with Crippen molar-refractivity contribution in [3.63, 3.8) is 0 Å². The maximum absolute atomic E-state index is 5.58. The van der Waals surface area contributed by atoms with Crippen LogP contribution in [0.3, 0.4) is 0 Å². The van der Waals surface area contributed by atoms with Crippen molar-refractivity contribution < 1.29 is 4.74 Å². The molecule has 0 amide bonds. The number of nitrogens with zero attached hydrogens (tertiary/aromatic N) is 4. The molecule has 0 bridgehead atoms. The normalized spacial score (nSPS) is 19.5. The third-order valence-corrected chi connectivity index (χ3v) is 3.69. The Bertz CT molecular complexity index is 582. The average Bonchev–Trinajstić information content (AvgIpc) is 2.95. The Hall–Kier alpha value is -1.82. The van der Waals surface area contributed by atoms with Crippen LogP contribution in [0.25, 0.3) is 5.65 Å². The lowest BCUT2D eigenvalue weighted by molar-refractivity contribution is 0.0927. The Labute approximate surface area is 118 Å². The molecule has 1 unspecified atom stereocenters. The summed E-state index contributed by atoms with van der Waals surface area (Å²) in [7, 11) is 0. The van der Waals surface area contributed by atoms with Crippen LogP contribution in [0.2, 0.25) is 0 Å². The second-order valence-electron chi connectivity index (χ2n) is 4.97. The minimum absolute atomic E-state index is 0.369. The highest BCUT2D eigenvalue weighted by atomic mass is 16.5. The maximum Gasteiger partial charge on any atom is 0.180 e. The Balaban J connectivity index is 2.05. The number of ether oxygens (including phenoxy) is 1. The van der Waals surface area contributed by atoms with Crippen LogP contribution in [0.1, 0.15) is 20.3 Å². The van der Waals surface area contributed by atoms with Crippen molar-refractivity contribution >= 4 is 17.3 Å². The van der Waals surface area contributed by atoms with Crippen molar-refractivity contribution in [2.45, 2.75) is 26.3 Å². The van der Waals surface area contributed by atoms with Gasteiger partial charge in [-0.15, -0.1) is 0 Å².